The third kappa shape index (κ3) is 4.99. The van der Waals surface area contributed by atoms with E-state index in [0.717, 1.165) is 24.3 Å². The summed E-state index contributed by atoms with van der Waals surface area (Å²) in [5.74, 6) is -2.24. The van der Waals surface area contributed by atoms with Gasteiger partial charge in [0.15, 0.2) is 0 Å². The van der Waals surface area contributed by atoms with E-state index in [1.165, 1.54) is 0 Å². The number of carbonyl (C=O) groups excluding carboxylic acids is 3. The van der Waals surface area contributed by atoms with E-state index in [4.69, 9.17) is 4.74 Å². The first-order chi connectivity index (χ1) is 19.8. The Morgan fingerprint density at radius 3 is 2.37 bits per heavy atom. The van der Waals surface area contributed by atoms with Crippen LogP contribution in [0.1, 0.15) is 52.0 Å². The minimum absolute atomic E-state index is 0.108. The fourth-order valence-electron chi connectivity index (χ4n) is 7.35. The zero-order valence-corrected chi connectivity index (χ0v) is 24.3. The van der Waals surface area contributed by atoms with E-state index in [9.17, 15) is 19.5 Å². The molecule has 5 rings (SSSR count). The van der Waals surface area contributed by atoms with Crippen LogP contribution in [0.4, 0.5) is 11.4 Å². The van der Waals surface area contributed by atoms with E-state index in [0.29, 0.717) is 37.9 Å². The quantitative estimate of drug-likeness (QED) is 0.366. The van der Waals surface area contributed by atoms with E-state index < -0.39 is 29.1 Å². The lowest BCUT2D eigenvalue weighted by Gasteiger charge is -2.34. The van der Waals surface area contributed by atoms with Crippen molar-refractivity contribution in [2.24, 2.45) is 11.8 Å². The number of ether oxygens (including phenoxy) is 1. The largest absolute Gasteiger partial charge is 0.396 e. The lowest BCUT2D eigenvalue weighted by molar-refractivity contribution is -0.146. The first kappa shape index (κ1) is 29.1. The molecule has 3 fully saturated rings. The van der Waals surface area contributed by atoms with Crippen LogP contribution in [0.15, 0.2) is 54.6 Å². The second-order valence-corrected chi connectivity index (χ2v) is 11.4. The van der Waals surface area contributed by atoms with E-state index in [2.05, 4.69) is 29.4 Å². The summed E-state index contributed by atoms with van der Waals surface area (Å²) < 4.78 is 6.78. The molecule has 41 heavy (non-hydrogen) atoms. The standard InChI is InChI=1S/C32H42N4O5/c1-4-31-17-18-32(41-31)26(25(31)28(38)33-21-22-11-8-7-9-12-22)30(40)36(19-10-20-37)27(32)29(39)34-23-13-15-24(16-14-23)35(5-2)6-3/h7-9,11-16,25-27,37H,4-6,10,17-21H2,1-3H3,(H,33,38)(H,34,39)/t25-,26+,27?,31+,32?/m1/s1. The average Bonchev–Trinajstić information content (AvgIpc) is 3.60. The van der Waals surface area contributed by atoms with Crippen molar-refractivity contribution in [3.63, 3.8) is 0 Å². The van der Waals surface area contributed by atoms with Gasteiger partial charge in [-0.05, 0) is 69.4 Å². The maximum absolute atomic E-state index is 14.1. The van der Waals surface area contributed by atoms with Gasteiger partial charge in [-0.15, -0.1) is 0 Å². The van der Waals surface area contributed by atoms with Gasteiger partial charge in [0, 0.05) is 44.2 Å². The Bertz CT molecular complexity index is 1250. The van der Waals surface area contributed by atoms with Gasteiger partial charge in [-0.2, -0.15) is 0 Å². The smallest absolute Gasteiger partial charge is 0.250 e. The molecule has 0 radical (unpaired) electrons. The first-order valence-electron chi connectivity index (χ1n) is 14.9. The van der Waals surface area contributed by atoms with Crippen LogP contribution in [0.25, 0.3) is 0 Å². The Kier molecular flexibility index (Phi) is 8.38. The van der Waals surface area contributed by atoms with E-state index >= 15 is 0 Å². The number of benzene rings is 2. The Hall–Kier alpha value is -3.43. The second-order valence-electron chi connectivity index (χ2n) is 11.4. The molecule has 0 aliphatic carbocycles. The monoisotopic (exact) mass is 562 g/mol. The average molecular weight is 563 g/mol. The van der Waals surface area contributed by atoms with Crippen molar-refractivity contribution in [2.45, 2.75) is 70.2 Å². The first-order valence-corrected chi connectivity index (χ1v) is 14.9. The number of anilines is 2. The topological polar surface area (TPSA) is 111 Å². The van der Waals surface area contributed by atoms with E-state index in [1.54, 1.807) is 4.90 Å². The molecule has 2 aromatic rings. The summed E-state index contributed by atoms with van der Waals surface area (Å²) in [6.07, 6.45) is 2.03. The Labute approximate surface area is 242 Å². The summed E-state index contributed by atoms with van der Waals surface area (Å²) in [5.41, 5.74) is 0.780. The van der Waals surface area contributed by atoms with Gasteiger partial charge in [0.2, 0.25) is 17.7 Å². The number of fused-ring (bicyclic) bond motifs is 1. The van der Waals surface area contributed by atoms with Gasteiger partial charge in [-0.1, -0.05) is 37.3 Å². The molecule has 2 unspecified atom stereocenters. The maximum Gasteiger partial charge on any atom is 0.250 e. The highest BCUT2D eigenvalue weighted by Gasteiger charge is 2.78. The minimum atomic E-state index is -1.09. The number of amides is 3. The van der Waals surface area contributed by atoms with Crippen LogP contribution in [-0.4, -0.2) is 71.2 Å². The lowest BCUT2D eigenvalue weighted by atomic mass is 9.65. The van der Waals surface area contributed by atoms with E-state index in [-0.39, 0.29) is 30.9 Å². The van der Waals surface area contributed by atoms with Crippen molar-refractivity contribution >= 4 is 29.1 Å². The van der Waals surface area contributed by atoms with Crippen LogP contribution in [0.3, 0.4) is 0 Å². The van der Waals surface area contributed by atoms with Gasteiger partial charge in [0.1, 0.15) is 11.6 Å². The molecule has 3 heterocycles. The summed E-state index contributed by atoms with van der Waals surface area (Å²) in [5, 5.41) is 15.7. The fraction of sp³-hybridized carbons (Fsp3) is 0.531. The van der Waals surface area contributed by atoms with Gasteiger partial charge in [0.25, 0.3) is 0 Å². The van der Waals surface area contributed by atoms with Crippen LogP contribution in [0, 0.1) is 11.8 Å². The zero-order valence-electron chi connectivity index (χ0n) is 24.3. The molecule has 1 spiro atoms. The van der Waals surface area contributed by atoms with Crippen molar-refractivity contribution in [3.05, 3.63) is 60.2 Å². The number of nitrogens with one attached hydrogen (secondary N) is 2. The zero-order chi connectivity index (χ0) is 29.2. The highest BCUT2D eigenvalue weighted by Crippen LogP contribution is 2.64. The van der Waals surface area contributed by atoms with Crippen molar-refractivity contribution in [2.75, 3.05) is 36.5 Å². The number of hydrogen-bond acceptors (Lipinski definition) is 6. The second kappa shape index (κ2) is 11.8. The van der Waals surface area contributed by atoms with Crippen LogP contribution in [0.5, 0.6) is 0 Å². The SMILES string of the molecule is CCN(CC)c1ccc(NC(=O)C2N(CCCO)C(=O)[C@@H]3[C@H](C(=O)NCc4ccccc4)[C@]4(CC)CCC23O4)cc1. The molecule has 3 aliphatic rings. The normalized spacial score (nSPS) is 28.0. The predicted octanol–water partition coefficient (Wildman–Crippen LogP) is 3.32. The molecule has 2 aromatic carbocycles. The van der Waals surface area contributed by atoms with Crippen molar-refractivity contribution < 1.29 is 24.2 Å². The minimum Gasteiger partial charge on any atom is -0.396 e. The van der Waals surface area contributed by atoms with Crippen LogP contribution >= 0.6 is 0 Å². The fourth-order valence-corrected chi connectivity index (χ4v) is 7.35. The molecular formula is C32H42N4O5. The number of aliphatic hydroxyl groups is 1. The van der Waals surface area contributed by atoms with E-state index in [1.807, 2.05) is 61.5 Å². The number of likely N-dealkylation sites (tertiary alicyclic amines) is 1. The predicted molar refractivity (Wildman–Crippen MR) is 157 cm³/mol. The van der Waals surface area contributed by atoms with Crippen molar-refractivity contribution in [3.8, 4) is 0 Å². The summed E-state index contributed by atoms with van der Waals surface area (Å²) in [6.45, 7) is 8.41. The molecule has 9 nitrogen and oxygen atoms in total. The molecular weight excluding hydrogens is 520 g/mol. The molecule has 220 valence electrons. The third-order valence-corrected chi connectivity index (χ3v) is 9.34. The molecule has 3 aliphatic heterocycles. The maximum atomic E-state index is 14.1. The van der Waals surface area contributed by atoms with Crippen molar-refractivity contribution in [1.29, 1.82) is 0 Å². The number of carbonyl (C=O) groups is 3. The van der Waals surface area contributed by atoms with Gasteiger partial charge in [-0.3, -0.25) is 14.4 Å². The lowest BCUT2D eigenvalue weighted by Crippen LogP contribution is -2.53. The summed E-state index contributed by atoms with van der Waals surface area (Å²) in [6, 6.07) is 16.5. The number of nitrogens with zero attached hydrogens (tertiary/aromatic N) is 2. The number of rotatable bonds is 12. The Morgan fingerprint density at radius 1 is 1.02 bits per heavy atom. The van der Waals surface area contributed by atoms with Crippen molar-refractivity contribution in [1.82, 2.24) is 10.2 Å². The molecule has 0 aromatic heterocycles. The van der Waals surface area contributed by atoms with Crippen LogP contribution in [-0.2, 0) is 25.7 Å². The highest BCUT2D eigenvalue weighted by atomic mass is 16.5. The van der Waals surface area contributed by atoms with Gasteiger partial charge < -0.3 is 30.3 Å². The highest BCUT2D eigenvalue weighted by molar-refractivity contribution is 6.03. The third-order valence-electron chi connectivity index (χ3n) is 9.34. The Morgan fingerprint density at radius 2 is 1.73 bits per heavy atom. The Balaban J connectivity index is 1.43. The van der Waals surface area contributed by atoms with Gasteiger partial charge in [-0.25, -0.2) is 0 Å². The molecule has 5 atom stereocenters. The number of hydrogen-bond donors (Lipinski definition) is 3. The van der Waals surface area contributed by atoms with Crippen LogP contribution < -0.4 is 15.5 Å². The number of aliphatic hydroxyl groups excluding tert-OH is 1. The summed E-state index contributed by atoms with van der Waals surface area (Å²) in [4.78, 5) is 45.6. The molecule has 9 heteroatoms. The summed E-state index contributed by atoms with van der Waals surface area (Å²) in [7, 11) is 0. The molecule has 3 saturated heterocycles. The van der Waals surface area contributed by atoms with Crippen LogP contribution in [0.2, 0.25) is 0 Å². The molecule has 2 bridgehead atoms. The summed E-state index contributed by atoms with van der Waals surface area (Å²) >= 11 is 0. The van der Waals surface area contributed by atoms with Gasteiger partial charge in [0.05, 0.1) is 17.4 Å². The van der Waals surface area contributed by atoms with Gasteiger partial charge >= 0.3 is 0 Å². The molecule has 3 amide bonds. The molecule has 3 N–H and O–H groups in total. The molecule has 0 saturated carbocycles.